The van der Waals surface area contributed by atoms with E-state index in [1.54, 1.807) is 18.3 Å². The molecular formula is C10H8ClN3O2. The van der Waals surface area contributed by atoms with Crippen LogP contribution < -0.4 is 11.2 Å². The number of aromatic amines is 1. The van der Waals surface area contributed by atoms with E-state index in [4.69, 9.17) is 11.6 Å². The molecule has 82 valence electrons. The van der Waals surface area contributed by atoms with E-state index in [2.05, 4.69) is 9.97 Å². The molecule has 2 aromatic rings. The van der Waals surface area contributed by atoms with Gasteiger partial charge in [-0.2, -0.15) is 0 Å². The van der Waals surface area contributed by atoms with Gasteiger partial charge in [0, 0.05) is 24.0 Å². The predicted octanol–water partition coefficient (Wildman–Crippen LogP) is 0.633. The van der Waals surface area contributed by atoms with E-state index in [1.165, 1.54) is 16.8 Å². The van der Waals surface area contributed by atoms with Crippen LogP contribution >= 0.6 is 11.6 Å². The molecule has 0 saturated carbocycles. The predicted molar refractivity (Wildman–Crippen MR) is 59.7 cm³/mol. The van der Waals surface area contributed by atoms with Gasteiger partial charge in [-0.1, -0.05) is 17.7 Å². The molecule has 0 radical (unpaired) electrons. The first-order valence-corrected chi connectivity index (χ1v) is 4.94. The summed E-state index contributed by atoms with van der Waals surface area (Å²) in [6.45, 7) is 0.280. The topological polar surface area (TPSA) is 67.8 Å². The summed E-state index contributed by atoms with van der Waals surface area (Å²) in [5.74, 6) is 0. The van der Waals surface area contributed by atoms with Crippen LogP contribution in [0.15, 0.2) is 40.2 Å². The van der Waals surface area contributed by atoms with Gasteiger partial charge >= 0.3 is 5.69 Å². The molecule has 2 rings (SSSR count). The summed E-state index contributed by atoms with van der Waals surface area (Å²) in [7, 11) is 0. The summed E-state index contributed by atoms with van der Waals surface area (Å²) in [4.78, 5) is 28.3. The highest BCUT2D eigenvalue weighted by atomic mass is 35.5. The summed E-state index contributed by atoms with van der Waals surface area (Å²) in [6.07, 6.45) is 2.99. The van der Waals surface area contributed by atoms with Crippen LogP contribution in [0.4, 0.5) is 0 Å². The number of nitrogens with one attached hydrogen (secondary N) is 1. The highest BCUT2D eigenvalue weighted by Crippen LogP contribution is 2.11. The molecule has 0 unspecified atom stereocenters. The maximum absolute atomic E-state index is 11.4. The van der Waals surface area contributed by atoms with Gasteiger partial charge in [-0.05, 0) is 6.07 Å². The van der Waals surface area contributed by atoms with Crippen molar-refractivity contribution in [1.82, 2.24) is 14.5 Å². The second-order valence-electron chi connectivity index (χ2n) is 3.19. The molecule has 0 aliphatic heterocycles. The van der Waals surface area contributed by atoms with Gasteiger partial charge in [-0.3, -0.25) is 14.3 Å². The molecule has 5 nitrogen and oxygen atoms in total. The van der Waals surface area contributed by atoms with Gasteiger partial charge in [0.1, 0.15) is 5.15 Å². The van der Waals surface area contributed by atoms with Crippen LogP contribution in [0.1, 0.15) is 5.56 Å². The number of halogens is 1. The lowest BCUT2D eigenvalue weighted by Gasteiger charge is -2.05. The smallest absolute Gasteiger partial charge is 0.296 e. The van der Waals surface area contributed by atoms with E-state index in [0.717, 1.165) is 5.56 Å². The number of hydrogen-bond donors (Lipinski definition) is 1. The molecule has 0 saturated heterocycles. The second-order valence-corrected chi connectivity index (χ2v) is 3.55. The van der Waals surface area contributed by atoms with Crippen molar-refractivity contribution in [2.24, 2.45) is 0 Å². The van der Waals surface area contributed by atoms with Crippen molar-refractivity contribution < 1.29 is 0 Å². The van der Waals surface area contributed by atoms with Crippen molar-refractivity contribution in [2.75, 3.05) is 0 Å². The maximum atomic E-state index is 11.4. The van der Waals surface area contributed by atoms with Crippen molar-refractivity contribution in [2.45, 2.75) is 6.54 Å². The van der Waals surface area contributed by atoms with Crippen LogP contribution in [0.25, 0.3) is 0 Å². The fraction of sp³-hybridized carbons (Fsp3) is 0.100. The Bertz CT molecular complexity index is 618. The number of H-pyrrole nitrogens is 1. The average molecular weight is 238 g/mol. The third kappa shape index (κ3) is 2.20. The van der Waals surface area contributed by atoms with Gasteiger partial charge in [0.2, 0.25) is 0 Å². The van der Waals surface area contributed by atoms with Crippen LogP contribution in [0.3, 0.4) is 0 Å². The molecule has 0 bridgehead atoms. The standard InChI is InChI=1S/C10H8ClN3O2/c11-9-7(2-1-4-12-9)6-14-5-3-8(15)13-10(14)16/h1-5H,6H2,(H,13,15,16). The minimum absolute atomic E-state index is 0.280. The number of hydrogen-bond acceptors (Lipinski definition) is 3. The third-order valence-electron chi connectivity index (χ3n) is 2.07. The lowest BCUT2D eigenvalue weighted by molar-refractivity contribution is 0.718. The van der Waals surface area contributed by atoms with E-state index in [0.29, 0.717) is 5.15 Å². The Labute approximate surface area is 95.3 Å². The first-order valence-electron chi connectivity index (χ1n) is 4.56. The average Bonchev–Trinajstić information content (AvgIpc) is 2.25. The summed E-state index contributed by atoms with van der Waals surface area (Å²) in [5, 5.41) is 0.348. The Morgan fingerprint density at radius 1 is 1.38 bits per heavy atom. The number of aromatic nitrogens is 3. The van der Waals surface area contributed by atoms with Crippen LogP contribution in [-0.2, 0) is 6.54 Å². The molecule has 2 aromatic heterocycles. The molecule has 0 aromatic carbocycles. The number of rotatable bonds is 2. The van der Waals surface area contributed by atoms with Crippen molar-refractivity contribution in [3.8, 4) is 0 Å². The summed E-state index contributed by atoms with van der Waals surface area (Å²) in [5.41, 5.74) is -0.163. The van der Waals surface area contributed by atoms with Gasteiger partial charge in [-0.25, -0.2) is 9.78 Å². The molecule has 6 heteroatoms. The zero-order chi connectivity index (χ0) is 11.5. The van der Waals surface area contributed by atoms with Crippen LogP contribution in [0.2, 0.25) is 5.15 Å². The molecule has 0 amide bonds. The van der Waals surface area contributed by atoms with E-state index in [9.17, 15) is 9.59 Å². The lowest BCUT2D eigenvalue weighted by atomic mass is 10.3. The van der Waals surface area contributed by atoms with Gasteiger partial charge in [0.15, 0.2) is 0 Å². The molecule has 0 fully saturated rings. The molecule has 0 aliphatic rings. The Morgan fingerprint density at radius 3 is 2.88 bits per heavy atom. The second kappa shape index (κ2) is 4.32. The Hall–Kier alpha value is -1.88. The van der Waals surface area contributed by atoms with Crippen LogP contribution in [0, 0.1) is 0 Å². The molecule has 0 atom stereocenters. The summed E-state index contributed by atoms with van der Waals surface area (Å²) < 4.78 is 1.35. The minimum atomic E-state index is -0.465. The quantitative estimate of drug-likeness (QED) is 0.779. The van der Waals surface area contributed by atoms with E-state index >= 15 is 0 Å². The third-order valence-corrected chi connectivity index (χ3v) is 2.41. The largest absolute Gasteiger partial charge is 0.328 e. The van der Waals surface area contributed by atoms with E-state index in [1.807, 2.05) is 0 Å². The van der Waals surface area contributed by atoms with Crippen molar-refractivity contribution in [3.63, 3.8) is 0 Å². The fourth-order valence-corrected chi connectivity index (χ4v) is 1.47. The first-order chi connectivity index (χ1) is 7.66. The fourth-order valence-electron chi connectivity index (χ4n) is 1.29. The SMILES string of the molecule is O=c1ccn(Cc2cccnc2Cl)c(=O)[nH]1. The van der Waals surface area contributed by atoms with Crippen molar-refractivity contribution in [1.29, 1.82) is 0 Å². The zero-order valence-corrected chi connectivity index (χ0v) is 8.94. The van der Waals surface area contributed by atoms with Crippen LogP contribution in [0.5, 0.6) is 0 Å². The van der Waals surface area contributed by atoms with Crippen LogP contribution in [-0.4, -0.2) is 14.5 Å². The molecule has 0 spiro atoms. The molecule has 2 heterocycles. The van der Waals surface area contributed by atoms with Gasteiger partial charge in [-0.15, -0.1) is 0 Å². The minimum Gasteiger partial charge on any atom is -0.296 e. The van der Waals surface area contributed by atoms with Gasteiger partial charge in [0.05, 0.1) is 6.54 Å². The monoisotopic (exact) mass is 237 g/mol. The number of nitrogens with zero attached hydrogens (tertiary/aromatic N) is 2. The van der Waals surface area contributed by atoms with E-state index in [-0.39, 0.29) is 6.54 Å². The highest BCUT2D eigenvalue weighted by molar-refractivity contribution is 6.30. The Balaban J connectivity index is 2.38. The Kier molecular flexibility index (Phi) is 2.87. The normalized spacial score (nSPS) is 10.3. The molecule has 1 N–H and O–H groups in total. The summed E-state index contributed by atoms with van der Waals surface area (Å²) in [6, 6.07) is 4.79. The molecular weight excluding hydrogens is 230 g/mol. The zero-order valence-electron chi connectivity index (χ0n) is 8.18. The Morgan fingerprint density at radius 2 is 2.19 bits per heavy atom. The van der Waals surface area contributed by atoms with Gasteiger partial charge in [0.25, 0.3) is 5.56 Å². The van der Waals surface area contributed by atoms with E-state index < -0.39 is 11.2 Å². The molecule has 16 heavy (non-hydrogen) atoms. The first kappa shape index (κ1) is 10.6. The summed E-state index contributed by atoms with van der Waals surface area (Å²) >= 11 is 5.86. The van der Waals surface area contributed by atoms with Gasteiger partial charge < -0.3 is 0 Å². The molecule has 0 aliphatic carbocycles. The number of pyridine rings is 1. The maximum Gasteiger partial charge on any atom is 0.328 e. The van der Waals surface area contributed by atoms with Crippen molar-refractivity contribution in [3.05, 3.63) is 62.1 Å². The lowest BCUT2D eigenvalue weighted by Crippen LogP contribution is -2.28. The van der Waals surface area contributed by atoms with Crippen molar-refractivity contribution >= 4 is 11.6 Å². The highest BCUT2D eigenvalue weighted by Gasteiger charge is 2.02.